The van der Waals surface area contributed by atoms with Crippen molar-refractivity contribution in [3.05, 3.63) is 57.2 Å². The first-order chi connectivity index (χ1) is 10.3. The third-order valence-electron chi connectivity index (χ3n) is 3.12. The van der Waals surface area contributed by atoms with Crippen molar-refractivity contribution >= 4 is 33.6 Å². The molecule has 0 atom stereocenters. The predicted octanol–water partition coefficient (Wildman–Crippen LogP) is 3.25. The SMILES string of the molecule is O=[N+]([O-])c1ccc(NCCc2cscn2)c2ncccc12. The lowest BCUT2D eigenvalue weighted by Gasteiger charge is -2.08. The summed E-state index contributed by atoms with van der Waals surface area (Å²) in [5.41, 5.74) is 4.32. The van der Waals surface area contributed by atoms with E-state index in [2.05, 4.69) is 15.3 Å². The number of fused-ring (bicyclic) bond motifs is 1. The monoisotopic (exact) mass is 300 g/mol. The third kappa shape index (κ3) is 2.82. The fraction of sp³-hybridized carbons (Fsp3) is 0.143. The van der Waals surface area contributed by atoms with Crippen molar-refractivity contribution in [2.45, 2.75) is 6.42 Å². The van der Waals surface area contributed by atoms with E-state index in [-0.39, 0.29) is 10.6 Å². The van der Waals surface area contributed by atoms with E-state index in [0.29, 0.717) is 17.4 Å². The van der Waals surface area contributed by atoms with E-state index in [9.17, 15) is 10.1 Å². The molecule has 0 spiro atoms. The maximum atomic E-state index is 11.0. The van der Waals surface area contributed by atoms with Gasteiger partial charge in [0.1, 0.15) is 5.52 Å². The van der Waals surface area contributed by atoms with Gasteiger partial charge in [0, 0.05) is 30.6 Å². The molecule has 0 unspecified atom stereocenters. The molecule has 0 aliphatic rings. The van der Waals surface area contributed by atoms with Gasteiger partial charge >= 0.3 is 0 Å². The Hall–Kier alpha value is -2.54. The lowest BCUT2D eigenvalue weighted by atomic mass is 10.1. The van der Waals surface area contributed by atoms with Gasteiger partial charge in [-0.2, -0.15) is 0 Å². The number of pyridine rings is 1. The largest absolute Gasteiger partial charge is 0.383 e. The first-order valence-corrected chi connectivity index (χ1v) is 7.33. The Labute approximate surface area is 124 Å². The molecule has 3 rings (SSSR count). The molecule has 0 amide bonds. The Bertz CT molecular complexity index is 774. The van der Waals surface area contributed by atoms with Crippen molar-refractivity contribution in [3.63, 3.8) is 0 Å². The normalized spacial score (nSPS) is 10.7. The fourth-order valence-corrected chi connectivity index (χ4v) is 2.74. The second kappa shape index (κ2) is 5.84. The maximum absolute atomic E-state index is 11.0. The summed E-state index contributed by atoms with van der Waals surface area (Å²) in [6.45, 7) is 0.702. The van der Waals surface area contributed by atoms with Crippen LogP contribution in [0.15, 0.2) is 41.4 Å². The molecule has 0 saturated carbocycles. The van der Waals surface area contributed by atoms with E-state index in [1.165, 1.54) is 6.07 Å². The van der Waals surface area contributed by atoms with Crippen LogP contribution in [0.25, 0.3) is 10.9 Å². The number of nitrogens with zero attached hydrogens (tertiary/aromatic N) is 3. The molecular weight excluding hydrogens is 288 g/mol. The topological polar surface area (TPSA) is 81.0 Å². The lowest BCUT2D eigenvalue weighted by molar-refractivity contribution is -0.383. The van der Waals surface area contributed by atoms with E-state index in [4.69, 9.17) is 0 Å². The van der Waals surface area contributed by atoms with Crippen LogP contribution < -0.4 is 5.32 Å². The van der Waals surface area contributed by atoms with Crippen LogP contribution in [0.4, 0.5) is 11.4 Å². The summed E-state index contributed by atoms with van der Waals surface area (Å²) in [7, 11) is 0. The highest BCUT2D eigenvalue weighted by atomic mass is 32.1. The average Bonchev–Trinajstić information content (AvgIpc) is 3.00. The number of hydrogen-bond donors (Lipinski definition) is 1. The Balaban J connectivity index is 1.85. The van der Waals surface area contributed by atoms with Crippen LogP contribution in [-0.2, 0) is 6.42 Å². The van der Waals surface area contributed by atoms with Crippen LogP contribution in [0.1, 0.15) is 5.69 Å². The van der Waals surface area contributed by atoms with E-state index in [1.807, 2.05) is 5.38 Å². The Morgan fingerprint density at radius 1 is 1.29 bits per heavy atom. The lowest BCUT2D eigenvalue weighted by Crippen LogP contribution is -2.06. The summed E-state index contributed by atoms with van der Waals surface area (Å²) in [6.07, 6.45) is 2.44. The minimum Gasteiger partial charge on any atom is -0.383 e. The number of benzene rings is 1. The van der Waals surface area contributed by atoms with Crippen LogP contribution in [0.5, 0.6) is 0 Å². The number of non-ortho nitro benzene ring substituents is 1. The summed E-state index contributed by atoms with van der Waals surface area (Å²) < 4.78 is 0. The van der Waals surface area contributed by atoms with Gasteiger partial charge in [-0.15, -0.1) is 11.3 Å². The molecule has 1 aromatic carbocycles. The quantitative estimate of drug-likeness (QED) is 0.578. The van der Waals surface area contributed by atoms with Crippen LogP contribution in [-0.4, -0.2) is 21.4 Å². The second-order valence-corrected chi connectivity index (χ2v) is 5.16. The van der Waals surface area contributed by atoms with Crippen molar-refractivity contribution in [2.24, 2.45) is 0 Å². The molecule has 2 aromatic heterocycles. The van der Waals surface area contributed by atoms with Crippen LogP contribution in [0.2, 0.25) is 0 Å². The molecular formula is C14H12N4O2S. The zero-order chi connectivity index (χ0) is 14.7. The van der Waals surface area contributed by atoms with Gasteiger partial charge in [-0.05, 0) is 18.2 Å². The second-order valence-electron chi connectivity index (χ2n) is 4.45. The van der Waals surface area contributed by atoms with E-state index < -0.39 is 0 Å². The standard InChI is InChI=1S/C14H12N4O2S/c19-18(20)13-4-3-12(14-11(13)2-1-6-16-14)15-7-5-10-8-21-9-17-10/h1-4,6,8-9,15H,5,7H2. The van der Waals surface area contributed by atoms with Gasteiger partial charge in [0.2, 0.25) is 0 Å². The summed E-state index contributed by atoms with van der Waals surface area (Å²) in [6, 6.07) is 6.63. The smallest absolute Gasteiger partial charge is 0.278 e. The molecule has 0 bridgehead atoms. The average molecular weight is 300 g/mol. The summed E-state index contributed by atoms with van der Waals surface area (Å²) in [5, 5.41) is 16.9. The highest BCUT2D eigenvalue weighted by molar-refractivity contribution is 7.07. The Morgan fingerprint density at radius 3 is 2.95 bits per heavy atom. The molecule has 3 aromatic rings. The molecule has 0 aliphatic heterocycles. The number of thiazole rings is 1. The number of nitrogens with one attached hydrogen (secondary N) is 1. The molecule has 1 N–H and O–H groups in total. The summed E-state index contributed by atoms with van der Waals surface area (Å²) in [5.74, 6) is 0. The van der Waals surface area contributed by atoms with Gasteiger partial charge in [0.15, 0.2) is 0 Å². The zero-order valence-corrected chi connectivity index (χ0v) is 11.8. The fourth-order valence-electron chi connectivity index (χ4n) is 2.15. The Morgan fingerprint density at radius 2 is 2.19 bits per heavy atom. The van der Waals surface area contributed by atoms with Crippen molar-refractivity contribution in [3.8, 4) is 0 Å². The molecule has 21 heavy (non-hydrogen) atoms. The van der Waals surface area contributed by atoms with Gasteiger partial charge < -0.3 is 5.32 Å². The zero-order valence-electron chi connectivity index (χ0n) is 11.0. The van der Waals surface area contributed by atoms with Gasteiger partial charge in [0.25, 0.3) is 5.69 Å². The molecule has 7 heteroatoms. The molecule has 106 valence electrons. The maximum Gasteiger partial charge on any atom is 0.278 e. The van der Waals surface area contributed by atoms with Crippen LogP contribution in [0.3, 0.4) is 0 Å². The van der Waals surface area contributed by atoms with Crippen LogP contribution >= 0.6 is 11.3 Å². The van der Waals surface area contributed by atoms with Gasteiger partial charge in [-0.25, -0.2) is 4.98 Å². The van der Waals surface area contributed by atoms with E-state index in [0.717, 1.165) is 17.8 Å². The first kappa shape index (κ1) is 13.4. The first-order valence-electron chi connectivity index (χ1n) is 6.39. The predicted molar refractivity (Wildman–Crippen MR) is 82.7 cm³/mol. The molecule has 0 radical (unpaired) electrons. The number of aromatic nitrogens is 2. The van der Waals surface area contributed by atoms with Crippen molar-refractivity contribution < 1.29 is 4.92 Å². The molecule has 2 heterocycles. The Kier molecular flexibility index (Phi) is 3.74. The highest BCUT2D eigenvalue weighted by Crippen LogP contribution is 2.29. The number of anilines is 1. The van der Waals surface area contributed by atoms with E-state index >= 15 is 0 Å². The minimum atomic E-state index is -0.386. The number of rotatable bonds is 5. The number of nitro groups is 1. The van der Waals surface area contributed by atoms with E-state index in [1.54, 1.807) is 41.2 Å². The van der Waals surface area contributed by atoms with Crippen molar-refractivity contribution in [1.82, 2.24) is 9.97 Å². The molecule has 0 saturated heterocycles. The molecule has 0 fully saturated rings. The molecule has 6 nitrogen and oxygen atoms in total. The van der Waals surface area contributed by atoms with Crippen LogP contribution in [0, 0.1) is 10.1 Å². The van der Waals surface area contributed by atoms with Gasteiger partial charge in [-0.3, -0.25) is 15.1 Å². The molecule has 0 aliphatic carbocycles. The minimum absolute atomic E-state index is 0.0724. The number of hydrogen-bond acceptors (Lipinski definition) is 6. The van der Waals surface area contributed by atoms with Gasteiger partial charge in [-0.1, -0.05) is 0 Å². The highest BCUT2D eigenvalue weighted by Gasteiger charge is 2.14. The summed E-state index contributed by atoms with van der Waals surface area (Å²) >= 11 is 1.57. The van der Waals surface area contributed by atoms with Crippen molar-refractivity contribution in [1.29, 1.82) is 0 Å². The van der Waals surface area contributed by atoms with Crippen molar-refractivity contribution in [2.75, 3.05) is 11.9 Å². The third-order valence-corrected chi connectivity index (χ3v) is 3.76. The van der Waals surface area contributed by atoms with Gasteiger partial charge in [0.05, 0.1) is 27.2 Å². The number of nitro benzene ring substituents is 1. The summed E-state index contributed by atoms with van der Waals surface area (Å²) in [4.78, 5) is 19.1.